The number of aliphatic hydroxyl groups is 1. The number of nitrogens with zero attached hydrogens (tertiary/aromatic N) is 4. The Balaban J connectivity index is 2.16. The maximum absolute atomic E-state index is 11.9. The predicted molar refractivity (Wildman–Crippen MR) is 94.0 cm³/mol. The molecule has 1 aliphatic heterocycles. The van der Waals surface area contributed by atoms with Gasteiger partial charge in [-0.3, -0.25) is 18.9 Å². The van der Waals surface area contributed by atoms with Gasteiger partial charge in [0.2, 0.25) is 0 Å². The van der Waals surface area contributed by atoms with Crippen LogP contribution in [0.5, 0.6) is 0 Å². The minimum absolute atomic E-state index is 0.745. The summed E-state index contributed by atoms with van der Waals surface area (Å²) in [5.74, 6) is 0. The zero-order valence-corrected chi connectivity index (χ0v) is 17.4. The van der Waals surface area contributed by atoms with Crippen molar-refractivity contribution in [2.24, 2.45) is 5.11 Å². The van der Waals surface area contributed by atoms with Gasteiger partial charge in [-0.1, -0.05) is 5.11 Å². The first-order valence-electron chi connectivity index (χ1n) is 7.62. The second-order valence-corrected chi connectivity index (χ2v) is 10.1. The van der Waals surface area contributed by atoms with Gasteiger partial charge in [0.1, 0.15) is 18.4 Å². The number of aromatic nitrogens is 2. The standard InChI is InChI=1S/C9H14N5O14P3/c10-13-12-6-7(16)4(26-8(6)14-2-1-5(15)11-9(14)17)3-25-30(21,22)28-31(23,24)27-29(18,19)20/h1-2,4,6-8,16H,3H2,(H,21,22)(H,23,24)(H,11,15,17)(H2,18,19,20)/t4-,6-,7-,8-/m1/s1. The van der Waals surface area contributed by atoms with Crippen LogP contribution in [0.3, 0.4) is 0 Å². The Hall–Kier alpha value is -1.68. The van der Waals surface area contributed by atoms with Crippen molar-refractivity contribution in [3.05, 3.63) is 43.5 Å². The Morgan fingerprint density at radius 1 is 1.19 bits per heavy atom. The molecule has 0 radical (unpaired) electrons. The first kappa shape index (κ1) is 25.6. The Morgan fingerprint density at radius 3 is 2.39 bits per heavy atom. The van der Waals surface area contributed by atoms with E-state index in [4.69, 9.17) is 24.9 Å². The smallest absolute Gasteiger partial charge is 0.390 e. The van der Waals surface area contributed by atoms with E-state index in [1.807, 2.05) is 4.98 Å². The van der Waals surface area contributed by atoms with Gasteiger partial charge < -0.3 is 29.4 Å². The molecule has 2 rings (SSSR count). The molecule has 0 aromatic carbocycles. The number of phosphoric ester groups is 1. The molecule has 0 aliphatic carbocycles. The fourth-order valence-corrected chi connectivity index (χ4v) is 5.41. The molecule has 1 aromatic heterocycles. The lowest BCUT2D eigenvalue weighted by molar-refractivity contribution is -0.0455. The molecule has 0 spiro atoms. The van der Waals surface area contributed by atoms with Crippen LogP contribution in [0.4, 0.5) is 0 Å². The molecule has 1 fully saturated rings. The third-order valence-electron chi connectivity index (χ3n) is 3.47. The maximum atomic E-state index is 11.9. The zero-order chi connectivity index (χ0) is 23.6. The summed E-state index contributed by atoms with van der Waals surface area (Å²) >= 11 is 0. The highest BCUT2D eigenvalue weighted by atomic mass is 31.3. The number of ether oxygens (including phenoxy) is 1. The summed E-state index contributed by atoms with van der Waals surface area (Å²) in [7, 11) is -16.9. The number of aliphatic hydroxyl groups excluding tert-OH is 1. The van der Waals surface area contributed by atoms with Crippen LogP contribution < -0.4 is 11.2 Å². The second kappa shape index (κ2) is 9.44. The van der Waals surface area contributed by atoms with Crippen molar-refractivity contribution < 1.29 is 56.3 Å². The molecule has 1 aliphatic rings. The van der Waals surface area contributed by atoms with E-state index in [0.29, 0.717) is 0 Å². The van der Waals surface area contributed by atoms with Gasteiger partial charge in [-0.2, -0.15) is 8.62 Å². The number of phosphoric acid groups is 3. The average molecular weight is 509 g/mol. The van der Waals surface area contributed by atoms with E-state index in [-0.39, 0.29) is 0 Å². The van der Waals surface area contributed by atoms with Gasteiger partial charge in [-0.05, 0) is 5.53 Å². The first-order chi connectivity index (χ1) is 14.1. The van der Waals surface area contributed by atoms with Crippen LogP contribution in [0.2, 0.25) is 0 Å². The van der Waals surface area contributed by atoms with Crippen molar-refractivity contribution in [1.29, 1.82) is 0 Å². The zero-order valence-electron chi connectivity index (χ0n) is 14.7. The van der Waals surface area contributed by atoms with Gasteiger partial charge in [0.05, 0.1) is 12.7 Å². The summed E-state index contributed by atoms with van der Waals surface area (Å²) in [6, 6.07) is -0.563. The Kier molecular flexibility index (Phi) is 7.79. The lowest BCUT2D eigenvalue weighted by atomic mass is 10.1. The van der Waals surface area contributed by atoms with Crippen molar-refractivity contribution >= 4 is 23.5 Å². The van der Waals surface area contributed by atoms with E-state index in [1.165, 1.54) is 0 Å². The van der Waals surface area contributed by atoms with Gasteiger partial charge in [-0.25, -0.2) is 18.5 Å². The number of hydrogen-bond acceptors (Lipinski definition) is 11. The summed E-state index contributed by atoms with van der Waals surface area (Å²) < 4.78 is 51.1. The van der Waals surface area contributed by atoms with Crippen LogP contribution in [0.15, 0.2) is 27.0 Å². The van der Waals surface area contributed by atoms with Crippen molar-refractivity contribution in [2.45, 2.75) is 24.5 Å². The molecule has 6 N–H and O–H groups in total. The molecule has 6 atom stereocenters. The van der Waals surface area contributed by atoms with E-state index in [1.54, 1.807) is 0 Å². The molecule has 2 heterocycles. The molecule has 0 amide bonds. The Labute approximate surface area is 169 Å². The summed E-state index contributed by atoms with van der Waals surface area (Å²) in [4.78, 5) is 62.9. The third kappa shape index (κ3) is 7.17. The van der Waals surface area contributed by atoms with Crippen LogP contribution in [0, 0.1) is 0 Å². The highest BCUT2D eigenvalue weighted by Gasteiger charge is 2.47. The number of H-pyrrole nitrogens is 1. The summed E-state index contributed by atoms with van der Waals surface area (Å²) in [5, 5.41) is 13.5. The third-order valence-corrected chi connectivity index (χ3v) is 7.27. The first-order valence-corrected chi connectivity index (χ1v) is 12.1. The number of aromatic amines is 1. The van der Waals surface area contributed by atoms with Gasteiger partial charge in [-0.15, -0.1) is 0 Å². The van der Waals surface area contributed by atoms with E-state index in [2.05, 4.69) is 23.2 Å². The SMILES string of the molecule is [N-]=[N+]=N[C@@H]1[C@H](O)[C@@H](COP(=O)(O)OP(=O)(O)OP(=O)(O)O)O[C@H]1n1ccc(=O)[nH]c1=O. The van der Waals surface area contributed by atoms with E-state index in [9.17, 15) is 33.3 Å². The molecule has 22 heteroatoms. The van der Waals surface area contributed by atoms with E-state index in [0.717, 1.165) is 16.8 Å². The van der Waals surface area contributed by atoms with Gasteiger partial charge in [0.25, 0.3) is 5.56 Å². The second-order valence-electron chi connectivity index (χ2n) is 5.66. The number of rotatable bonds is 9. The number of hydrogen-bond donors (Lipinski definition) is 6. The summed E-state index contributed by atoms with van der Waals surface area (Å²) in [5.41, 5.74) is 6.90. The van der Waals surface area contributed by atoms with E-state index >= 15 is 0 Å². The van der Waals surface area contributed by atoms with Crippen LogP contribution in [0.1, 0.15) is 6.23 Å². The Morgan fingerprint density at radius 2 is 1.84 bits per heavy atom. The minimum atomic E-state index is -5.76. The van der Waals surface area contributed by atoms with Crippen LogP contribution in [-0.2, 0) is 31.6 Å². The molecule has 1 aromatic rings. The maximum Gasteiger partial charge on any atom is 0.490 e. The van der Waals surface area contributed by atoms with Gasteiger partial charge in [0.15, 0.2) is 0 Å². The van der Waals surface area contributed by atoms with Crippen molar-refractivity contribution in [3.8, 4) is 0 Å². The highest BCUT2D eigenvalue weighted by Crippen LogP contribution is 2.66. The van der Waals surface area contributed by atoms with Crippen molar-refractivity contribution in [1.82, 2.24) is 9.55 Å². The van der Waals surface area contributed by atoms with Crippen molar-refractivity contribution in [2.75, 3.05) is 6.61 Å². The summed E-state index contributed by atoms with van der Waals surface area (Å²) in [6.45, 7) is -1.06. The molecular formula is C9H14N5O14P3. The van der Waals surface area contributed by atoms with Crippen molar-refractivity contribution in [3.63, 3.8) is 0 Å². The molecule has 174 valence electrons. The van der Waals surface area contributed by atoms with Crippen LogP contribution in [0.25, 0.3) is 10.4 Å². The quantitative estimate of drug-likeness (QED) is 0.0988. The molecule has 1 saturated heterocycles. The van der Waals surface area contributed by atoms with Crippen LogP contribution in [-0.4, -0.2) is 59.1 Å². The molecule has 2 unspecified atom stereocenters. The largest absolute Gasteiger partial charge is 0.490 e. The fourth-order valence-electron chi connectivity index (χ4n) is 2.38. The number of nitrogens with one attached hydrogen (secondary N) is 1. The molecular weight excluding hydrogens is 495 g/mol. The highest BCUT2D eigenvalue weighted by molar-refractivity contribution is 7.66. The van der Waals surface area contributed by atoms with Gasteiger partial charge in [0, 0.05) is 17.2 Å². The normalized spacial score (nSPS) is 27.8. The van der Waals surface area contributed by atoms with E-state index < -0.39 is 65.8 Å². The molecule has 31 heavy (non-hydrogen) atoms. The average Bonchev–Trinajstić information content (AvgIpc) is 2.86. The molecule has 0 saturated carbocycles. The lowest BCUT2D eigenvalue weighted by Crippen LogP contribution is -2.36. The fraction of sp³-hybridized carbons (Fsp3) is 0.556. The Bertz CT molecular complexity index is 1120. The lowest BCUT2D eigenvalue weighted by Gasteiger charge is -2.19. The van der Waals surface area contributed by atoms with Gasteiger partial charge >= 0.3 is 29.2 Å². The molecule has 19 nitrogen and oxygen atoms in total. The number of azide groups is 1. The summed E-state index contributed by atoms with van der Waals surface area (Å²) in [6.07, 6.45) is -3.86. The monoisotopic (exact) mass is 509 g/mol. The molecule has 0 bridgehead atoms. The minimum Gasteiger partial charge on any atom is -0.390 e. The predicted octanol–water partition coefficient (Wildman–Crippen LogP) is -1.18. The topological polar surface area (TPSA) is 293 Å². The van der Waals surface area contributed by atoms with Crippen LogP contribution >= 0.6 is 23.5 Å².